The van der Waals surface area contributed by atoms with Crippen molar-refractivity contribution in [2.24, 2.45) is 0 Å². The quantitative estimate of drug-likeness (QED) is 0.876. The van der Waals surface area contributed by atoms with E-state index in [-0.39, 0.29) is 0 Å². The number of rotatable bonds is 5. The Morgan fingerprint density at radius 2 is 1.89 bits per heavy atom. The summed E-state index contributed by atoms with van der Waals surface area (Å²) in [5.41, 5.74) is 6.65. The van der Waals surface area contributed by atoms with E-state index in [0.717, 1.165) is 17.1 Å². The molecule has 96 valence electrons. The summed E-state index contributed by atoms with van der Waals surface area (Å²) in [7, 11) is 1.64. The van der Waals surface area contributed by atoms with Crippen molar-refractivity contribution in [2.75, 3.05) is 19.5 Å². The Hall–Kier alpha value is -2.17. The third kappa shape index (κ3) is 2.94. The van der Waals surface area contributed by atoms with Gasteiger partial charge in [-0.1, -0.05) is 0 Å². The number of nitrogen functional groups attached to an aromatic ring is 1. The first-order valence-corrected chi connectivity index (χ1v) is 5.75. The Bertz CT molecular complexity index is 486. The molecule has 0 amide bonds. The molecule has 1 heterocycles. The van der Waals surface area contributed by atoms with E-state index >= 15 is 0 Å². The molecule has 0 spiro atoms. The SMILES string of the molecule is COc1ccc(OCCn2cc(C)c(N)n2)cc1. The Morgan fingerprint density at radius 1 is 1.22 bits per heavy atom. The molecule has 0 atom stereocenters. The van der Waals surface area contributed by atoms with Gasteiger partial charge in [0.25, 0.3) is 0 Å². The van der Waals surface area contributed by atoms with Crippen molar-refractivity contribution in [3.8, 4) is 11.5 Å². The molecule has 2 rings (SSSR count). The van der Waals surface area contributed by atoms with Crippen molar-refractivity contribution in [3.05, 3.63) is 36.0 Å². The van der Waals surface area contributed by atoms with Gasteiger partial charge in [0.1, 0.15) is 23.9 Å². The second-order valence-electron chi connectivity index (χ2n) is 3.98. The number of anilines is 1. The maximum atomic E-state index is 5.67. The third-order valence-corrected chi connectivity index (χ3v) is 2.63. The fourth-order valence-electron chi connectivity index (χ4n) is 1.58. The fourth-order valence-corrected chi connectivity index (χ4v) is 1.58. The Balaban J connectivity index is 1.84. The predicted octanol–water partition coefficient (Wildman–Crippen LogP) is 1.86. The van der Waals surface area contributed by atoms with Gasteiger partial charge in [-0.2, -0.15) is 5.10 Å². The minimum absolute atomic E-state index is 0.549. The molecule has 0 aliphatic rings. The minimum Gasteiger partial charge on any atom is -0.497 e. The summed E-state index contributed by atoms with van der Waals surface area (Å²) in [5, 5.41) is 4.16. The number of aryl methyl sites for hydroxylation is 1. The van der Waals surface area contributed by atoms with Gasteiger partial charge in [-0.05, 0) is 31.2 Å². The number of benzene rings is 1. The monoisotopic (exact) mass is 247 g/mol. The third-order valence-electron chi connectivity index (χ3n) is 2.63. The first kappa shape index (κ1) is 12.3. The van der Waals surface area contributed by atoms with Crippen molar-refractivity contribution in [2.45, 2.75) is 13.5 Å². The van der Waals surface area contributed by atoms with Crippen LogP contribution in [0.4, 0.5) is 5.82 Å². The summed E-state index contributed by atoms with van der Waals surface area (Å²) in [5.74, 6) is 2.20. The lowest BCUT2D eigenvalue weighted by atomic mass is 10.3. The van der Waals surface area contributed by atoms with E-state index in [9.17, 15) is 0 Å². The van der Waals surface area contributed by atoms with Gasteiger partial charge in [-0.15, -0.1) is 0 Å². The van der Waals surface area contributed by atoms with Gasteiger partial charge in [-0.25, -0.2) is 0 Å². The molecule has 0 fully saturated rings. The van der Waals surface area contributed by atoms with Gasteiger partial charge in [0.2, 0.25) is 0 Å². The van der Waals surface area contributed by atoms with Crippen LogP contribution < -0.4 is 15.2 Å². The number of methoxy groups -OCH3 is 1. The van der Waals surface area contributed by atoms with Crippen LogP contribution in [0, 0.1) is 6.92 Å². The second kappa shape index (κ2) is 5.44. The molecule has 5 heteroatoms. The van der Waals surface area contributed by atoms with Crippen LogP contribution in [0.3, 0.4) is 0 Å². The summed E-state index contributed by atoms with van der Waals surface area (Å²) in [6, 6.07) is 7.49. The number of aromatic nitrogens is 2. The molecule has 0 saturated carbocycles. The molecule has 5 nitrogen and oxygen atoms in total. The summed E-state index contributed by atoms with van der Waals surface area (Å²) < 4.78 is 12.5. The van der Waals surface area contributed by atoms with E-state index in [2.05, 4.69) is 5.10 Å². The van der Waals surface area contributed by atoms with E-state index in [1.807, 2.05) is 37.4 Å². The normalized spacial score (nSPS) is 10.3. The average molecular weight is 247 g/mol. The van der Waals surface area contributed by atoms with Gasteiger partial charge < -0.3 is 15.2 Å². The van der Waals surface area contributed by atoms with Crippen LogP contribution in [-0.4, -0.2) is 23.5 Å². The van der Waals surface area contributed by atoms with Crippen LogP contribution in [0.5, 0.6) is 11.5 Å². The molecule has 0 saturated heterocycles. The number of nitrogens with zero attached hydrogens (tertiary/aromatic N) is 2. The molecule has 0 radical (unpaired) electrons. The van der Waals surface area contributed by atoms with Crippen molar-refractivity contribution in [1.29, 1.82) is 0 Å². The van der Waals surface area contributed by atoms with Crippen LogP contribution in [-0.2, 0) is 6.54 Å². The molecular formula is C13H17N3O2. The van der Waals surface area contributed by atoms with E-state index < -0.39 is 0 Å². The second-order valence-corrected chi connectivity index (χ2v) is 3.98. The zero-order valence-corrected chi connectivity index (χ0v) is 10.6. The van der Waals surface area contributed by atoms with E-state index in [1.165, 1.54) is 0 Å². The molecule has 1 aromatic heterocycles. The largest absolute Gasteiger partial charge is 0.497 e. The standard InChI is InChI=1S/C13H17N3O2/c1-10-9-16(15-13(10)14)7-8-18-12-5-3-11(17-2)4-6-12/h3-6,9H,7-8H2,1-2H3,(H2,14,15). The van der Waals surface area contributed by atoms with Gasteiger partial charge in [0, 0.05) is 11.8 Å². The molecule has 18 heavy (non-hydrogen) atoms. The molecule has 1 aromatic carbocycles. The van der Waals surface area contributed by atoms with Crippen LogP contribution >= 0.6 is 0 Å². The number of ether oxygens (including phenoxy) is 2. The lowest BCUT2D eigenvalue weighted by Gasteiger charge is -2.07. The Labute approximate surface area is 106 Å². The molecule has 0 unspecified atom stereocenters. The summed E-state index contributed by atoms with van der Waals surface area (Å²) in [6.07, 6.45) is 1.91. The molecule has 0 aliphatic carbocycles. The van der Waals surface area contributed by atoms with Crippen LogP contribution in [0.2, 0.25) is 0 Å². The summed E-state index contributed by atoms with van der Waals surface area (Å²) >= 11 is 0. The highest BCUT2D eigenvalue weighted by Crippen LogP contribution is 2.17. The molecule has 2 aromatic rings. The zero-order valence-electron chi connectivity index (χ0n) is 10.6. The minimum atomic E-state index is 0.549. The van der Waals surface area contributed by atoms with E-state index in [1.54, 1.807) is 11.8 Å². The topological polar surface area (TPSA) is 62.3 Å². The Kier molecular flexibility index (Phi) is 3.72. The van der Waals surface area contributed by atoms with E-state index in [4.69, 9.17) is 15.2 Å². The van der Waals surface area contributed by atoms with Gasteiger partial charge in [0.05, 0.1) is 13.7 Å². The highest BCUT2D eigenvalue weighted by molar-refractivity contribution is 5.35. The van der Waals surface area contributed by atoms with Crippen molar-refractivity contribution >= 4 is 5.82 Å². The van der Waals surface area contributed by atoms with Crippen molar-refractivity contribution in [3.63, 3.8) is 0 Å². The van der Waals surface area contributed by atoms with Crippen molar-refractivity contribution < 1.29 is 9.47 Å². The lowest BCUT2D eigenvalue weighted by Crippen LogP contribution is -2.08. The number of hydrogen-bond acceptors (Lipinski definition) is 4. The Morgan fingerprint density at radius 3 is 2.44 bits per heavy atom. The van der Waals surface area contributed by atoms with E-state index in [0.29, 0.717) is 19.0 Å². The molecule has 0 bridgehead atoms. The molecule has 0 aliphatic heterocycles. The number of hydrogen-bond donors (Lipinski definition) is 1. The molecule has 2 N–H and O–H groups in total. The van der Waals surface area contributed by atoms with Crippen LogP contribution in [0.1, 0.15) is 5.56 Å². The lowest BCUT2D eigenvalue weighted by molar-refractivity contribution is 0.291. The highest BCUT2D eigenvalue weighted by Gasteiger charge is 2.01. The van der Waals surface area contributed by atoms with Gasteiger partial charge in [-0.3, -0.25) is 4.68 Å². The summed E-state index contributed by atoms with van der Waals surface area (Å²) in [6.45, 7) is 3.15. The van der Waals surface area contributed by atoms with Crippen molar-refractivity contribution in [1.82, 2.24) is 9.78 Å². The smallest absolute Gasteiger partial charge is 0.148 e. The van der Waals surface area contributed by atoms with Crippen LogP contribution in [0.15, 0.2) is 30.5 Å². The maximum Gasteiger partial charge on any atom is 0.148 e. The highest BCUT2D eigenvalue weighted by atomic mass is 16.5. The first-order chi connectivity index (χ1) is 8.69. The fraction of sp³-hybridized carbons (Fsp3) is 0.308. The first-order valence-electron chi connectivity index (χ1n) is 5.75. The zero-order chi connectivity index (χ0) is 13.0. The maximum absolute atomic E-state index is 5.67. The predicted molar refractivity (Wildman–Crippen MR) is 69.9 cm³/mol. The average Bonchev–Trinajstić information content (AvgIpc) is 2.69. The molecular weight excluding hydrogens is 230 g/mol. The van der Waals surface area contributed by atoms with Gasteiger partial charge in [0.15, 0.2) is 0 Å². The summed E-state index contributed by atoms with van der Waals surface area (Å²) in [4.78, 5) is 0. The van der Waals surface area contributed by atoms with Crippen LogP contribution in [0.25, 0.3) is 0 Å². The van der Waals surface area contributed by atoms with Gasteiger partial charge >= 0.3 is 0 Å². The number of nitrogens with two attached hydrogens (primary N) is 1.